The van der Waals surface area contributed by atoms with Crippen molar-refractivity contribution in [2.75, 3.05) is 32.7 Å². The van der Waals surface area contributed by atoms with E-state index in [-0.39, 0.29) is 0 Å². The zero-order chi connectivity index (χ0) is 8.67. The normalized spacial score (nSPS) is 43.1. The number of aliphatic imine (C=N–C) groups is 1. The zero-order valence-electron chi connectivity index (χ0n) is 8.00. The molecule has 3 saturated heterocycles. The summed E-state index contributed by atoms with van der Waals surface area (Å²) >= 11 is 0. The first-order valence-electron chi connectivity index (χ1n) is 5.44. The average Bonchev–Trinajstić information content (AvgIpc) is 2.72. The summed E-state index contributed by atoms with van der Waals surface area (Å²) in [5.41, 5.74) is 0. The molecule has 1 unspecified atom stereocenters. The molecule has 3 fully saturated rings. The maximum Gasteiger partial charge on any atom is 0.101 e. The van der Waals surface area contributed by atoms with Crippen LogP contribution in [-0.4, -0.2) is 43.5 Å². The number of piperidine rings is 3. The Morgan fingerprint density at radius 3 is 2.69 bits per heavy atom. The highest BCUT2D eigenvalue weighted by atomic mass is 15.2. The van der Waals surface area contributed by atoms with Gasteiger partial charge >= 0.3 is 0 Å². The lowest BCUT2D eigenvalue weighted by Gasteiger charge is -2.44. The van der Waals surface area contributed by atoms with Gasteiger partial charge in [-0.1, -0.05) is 0 Å². The molecule has 3 nitrogen and oxygen atoms in total. The van der Waals surface area contributed by atoms with Crippen molar-refractivity contribution in [1.82, 2.24) is 10.2 Å². The first-order chi connectivity index (χ1) is 6.43. The van der Waals surface area contributed by atoms with E-state index in [2.05, 4.69) is 15.2 Å². The Kier molecular flexibility index (Phi) is 1.79. The van der Waals surface area contributed by atoms with Crippen molar-refractivity contribution in [3.05, 3.63) is 0 Å². The lowest BCUT2D eigenvalue weighted by Crippen LogP contribution is -2.51. The van der Waals surface area contributed by atoms with E-state index in [1.165, 1.54) is 38.3 Å². The van der Waals surface area contributed by atoms with E-state index in [4.69, 9.17) is 0 Å². The Balaban J connectivity index is 1.77. The van der Waals surface area contributed by atoms with Crippen molar-refractivity contribution < 1.29 is 0 Å². The minimum absolute atomic E-state index is 0.741. The Morgan fingerprint density at radius 2 is 2.15 bits per heavy atom. The van der Waals surface area contributed by atoms with Crippen molar-refractivity contribution in [3.8, 4) is 0 Å². The van der Waals surface area contributed by atoms with Crippen LogP contribution in [0.4, 0.5) is 0 Å². The molecule has 1 N–H and O–H groups in total. The number of rotatable bonds is 1. The van der Waals surface area contributed by atoms with Crippen LogP contribution in [0.25, 0.3) is 0 Å². The van der Waals surface area contributed by atoms with Gasteiger partial charge in [0.15, 0.2) is 0 Å². The Bertz CT molecular complexity index is 228. The molecule has 72 valence electrons. The van der Waals surface area contributed by atoms with Gasteiger partial charge < -0.3 is 10.2 Å². The summed E-state index contributed by atoms with van der Waals surface area (Å²) in [6.07, 6.45) is 2.79. The van der Waals surface area contributed by atoms with Crippen molar-refractivity contribution in [2.45, 2.75) is 12.8 Å². The van der Waals surface area contributed by atoms with E-state index in [9.17, 15) is 0 Å². The molecule has 0 aromatic rings. The van der Waals surface area contributed by atoms with E-state index in [1.807, 2.05) is 0 Å². The molecule has 4 aliphatic heterocycles. The average molecular weight is 179 g/mol. The van der Waals surface area contributed by atoms with Gasteiger partial charge in [-0.15, -0.1) is 0 Å². The van der Waals surface area contributed by atoms with E-state index in [1.54, 1.807) is 0 Å². The molecule has 0 saturated carbocycles. The van der Waals surface area contributed by atoms with Crippen LogP contribution in [0.1, 0.15) is 12.8 Å². The highest BCUT2D eigenvalue weighted by molar-refractivity contribution is 5.86. The van der Waals surface area contributed by atoms with Gasteiger partial charge in [0.1, 0.15) is 5.84 Å². The monoisotopic (exact) mass is 179 g/mol. The quantitative estimate of drug-likeness (QED) is 0.628. The molecular weight excluding hydrogens is 162 g/mol. The van der Waals surface area contributed by atoms with Gasteiger partial charge in [-0.2, -0.15) is 0 Å². The molecule has 13 heavy (non-hydrogen) atoms. The fraction of sp³-hybridized carbons (Fsp3) is 0.900. The van der Waals surface area contributed by atoms with Crippen molar-refractivity contribution in [3.63, 3.8) is 0 Å². The van der Waals surface area contributed by atoms with Crippen LogP contribution in [0.15, 0.2) is 4.99 Å². The van der Waals surface area contributed by atoms with Crippen LogP contribution in [0.3, 0.4) is 0 Å². The molecule has 4 rings (SSSR count). The molecule has 0 aromatic heterocycles. The van der Waals surface area contributed by atoms with Crippen LogP contribution in [0.2, 0.25) is 0 Å². The number of hydrogen-bond donors (Lipinski definition) is 1. The molecule has 2 bridgehead atoms. The molecule has 0 aliphatic carbocycles. The second-order valence-corrected chi connectivity index (χ2v) is 4.44. The largest absolute Gasteiger partial charge is 0.372 e. The first-order valence-corrected chi connectivity index (χ1v) is 5.44. The summed E-state index contributed by atoms with van der Waals surface area (Å²) in [5, 5.41) is 3.43. The number of nitrogens with one attached hydrogen (secondary N) is 1. The summed E-state index contributed by atoms with van der Waals surface area (Å²) in [6.45, 7) is 5.98. The smallest absolute Gasteiger partial charge is 0.101 e. The summed E-state index contributed by atoms with van der Waals surface area (Å²) in [4.78, 5) is 7.15. The van der Waals surface area contributed by atoms with Gasteiger partial charge in [0.05, 0.1) is 6.54 Å². The van der Waals surface area contributed by atoms with Crippen molar-refractivity contribution >= 4 is 5.84 Å². The Morgan fingerprint density at radius 1 is 1.31 bits per heavy atom. The van der Waals surface area contributed by atoms with Gasteiger partial charge in [0, 0.05) is 19.0 Å². The summed E-state index contributed by atoms with van der Waals surface area (Å²) in [7, 11) is 0. The highest BCUT2D eigenvalue weighted by Crippen LogP contribution is 2.33. The molecule has 4 heterocycles. The summed E-state index contributed by atoms with van der Waals surface area (Å²) in [5.74, 6) is 2.98. The Labute approximate surface area is 79.2 Å². The molecular formula is C10H17N3. The zero-order valence-corrected chi connectivity index (χ0v) is 8.00. The predicted octanol–water partition coefficient (Wildman–Crippen LogP) is 0.330. The van der Waals surface area contributed by atoms with Crippen LogP contribution in [0, 0.1) is 11.8 Å². The van der Waals surface area contributed by atoms with Crippen LogP contribution < -0.4 is 5.32 Å². The number of fused-ring (bicyclic) bond motifs is 3. The molecule has 0 spiro atoms. The van der Waals surface area contributed by atoms with Gasteiger partial charge in [-0.3, -0.25) is 4.99 Å². The molecule has 0 aromatic carbocycles. The molecule has 4 aliphatic rings. The Hall–Kier alpha value is -0.570. The maximum atomic E-state index is 4.56. The SMILES string of the molecule is C1CNC(C2CN3CCC2CC3)=N1. The minimum atomic E-state index is 0.741. The third-order valence-corrected chi connectivity index (χ3v) is 3.71. The number of amidine groups is 1. The molecule has 0 radical (unpaired) electrons. The molecule has 0 amide bonds. The number of nitrogens with zero attached hydrogens (tertiary/aromatic N) is 2. The summed E-state index contributed by atoms with van der Waals surface area (Å²) < 4.78 is 0. The lowest BCUT2D eigenvalue weighted by molar-refractivity contribution is 0.0809. The van der Waals surface area contributed by atoms with E-state index in [0.29, 0.717) is 0 Å². The van der Waals surface area contributed by atoms with E-state index in [0.717, 1.165) is 24.9 Å². The third-order valence-electron chi connectivity index (χ3n) is 3.71. The maximum absolute atomic E-state index is 4.56. The second kappa shape index (κ2) is 2.98. The van der Waals surface area contributed by atoms with Crippen LogP contribution in [-0.2, 0) is 0 Å². The fourth-order valence-corrected chi connectivity index (χ4v) is 2.94. The van der Waals surface area contributed by atoms with E-state index < -0.39 is 0 Å². The van der Waals surface area contributed by atoms with E-state index >= 15 is 0 Å². The first kappa shape index (κ1) is 7.80. The minimum Gasteiger partial charge on any atom is -0.372 e. The molecule has 3 heteroatoms. The van der Waals surface area contributed by atoms with Gasteiger partial charge in [0.2, 0.25) is 0 Å². The van der Waals surface area contributed by atoms with Gasteiger partial charge in [0.25, 0.3) is 0 Å². The second-order valence-electron chi connectivity index (χ2n) is 4.44. The van der Waals surface area contributed by atoms with Crippen molar-refractivity contribution in [1.29, 1.82) is 0 Å². The molecule has 1 atom stereocenters. The predicted molar refractivity (Wildman–Crippen MR) is 53.0 cm³/mol. The van der Waals surface area contributed by atoms with Crippen LogP contribution in [0.5, 0.6) is 0 Å². The van der Waals surface area contributed by atoms with Gasteiger partial charge in [-0.05, 0) is 31.8 Å². The lowest BCUT2D eigenvalue weighted by atomic mass is 9.78. The topological polar surface area (TPSA) is 27.6 Å². The number of hydrogen-bond acceptors (Lipinski definition) is 3. The fourth-order valence-electron chi connectivity index (χ4n) is 2.94. The third kappa shape index (κ3) is 1.26. The van der Waals surface area contributed by atoms with Crippen LogP contribution >= 0.6 is 0 Å². The van der Waals surface area contributed by atoms with Gasteiger partial charge in [-0.25, -0.2) is 0 Å². The highest BCUT2D eigenvalue weighted by Gasteiger charge is 2.37. The standard InChI is InChI=1S/C10H17N3/c1-5-13-6-2-8(1)9(7-13)10-11-3-4-12-10/h8-9H,1-7H2,(H,11,12). The van der Waals surface area contributed by atoms with Crippen molar-refractivity contribution in [2.24, 2.45) is 16.8 Å². The summed E-state index contributed by atoms with van der Waals surface area (Å²) in [6, 6.07) is 0.